The fraction of sp³-hybridized carbons (Fsp3) is 0.167. The van der Waals surface area contributed by atoms with Gasteiger partial charge in [-0.1, -0.05) is 46.6 Å². The molecule has 1 unspecified atom stereocenters. The van der Waals surface area contributed by atoms with E-state index < -0.39 is 18.0 Å². The molecule has 0 fully saturated rings. The fourth-order valence-electron chi connectivity index (χ4n) is 2.46. The summed E-state index contributed by atoms with van der Waals surface area (Å²) in [7, 11) is 1.28. The van der Waals surface area contributed by atoms with Crippen molar-refractivity contribution >= 4 is 46.5 Å². The lowest BCUT2D eigenvalue weighted by molar-refractivity contribution is -0.125. The average molecular weight is 393 g/mol. The van der Waals surface area contributed by atoms with Crippen LogP contribution in [0, 0.1) is 0 Å². The minimum absolute atomic E-state index is 0.256. The lowest BCUT2D eigenvalue weighted by Gasteiger charge is -2.12. The van der Waals surface area contributed by atoms with E-state index in [-0.39, 0.29) is 12.0 Å². The topological polar surface area (TPSA) is 77.0 Å². The first-order valence-corrected chi connectivity index (χ1v) is 8.41. The van der Waals surface area contributed by atoms with Gasteiger partial charge in [0, 0.05) is 12.0 Å². The molecule has 0 aliphatic carbocycles. The Balaban J connectivity index is 1.70. The highest BCUT2D eigenvalue weighted by Gasteiger charge is 2.30. The van der Waals surface area contributed by atoms with Crippen molar-refractivity contribution in [2.75, 3.05) is 12.4 Å². The number of esters is 1. The zero-order chi connectivity index (χ0) is 18.7. The number of nitrogens with one attached hydrogen (secondary N) is 1. The summed E-state index contributed by atoms with van der Waals surface area (Å²) in [5.74, 6) is -0.957. The Morgan fingerprint density at radius 1 is 1.19 bits per heavy atom. The van der Waals surface area contributed by atoms with Crippen molar-refractivity contribution in [1.82, 2.24) is 0 Å². The van der Waals surface area contributed by atoms with Crippen molar-refractivity contribution in [1.29, 1.82) is 0 Å². The summed E-state index contributed by atoms with van der Waals surface area (Å²) in [5, 5.41) is 7.46. The maximum Gasteiger partial charge on any atom is 0.339 e. The number of benzene rings is 2. The number of hydrogen-bond acceptors (Lipinski definition) is 5. The van der Waals surface area contributed by atoms with E-state index in [0.717, 1.165) is 5.56 Å². The highest BCUT2D eigenvalue weighted by Crippen LogP contribution is 2.26. The normalized spacial score (nSPS) is 15.8. The molecule has 2 aromatic rings. The third-order valence-electron chi connectivity index (χ3n) is 3.80. The third-order valence-corrected chi connectivity index (χ3v) is 4.54. The molecule has 1 amide bonds. The zero-order valence-electron chi connectivity index (χ0n) is 13.7. The number of rotatable bonds is 4. The van der Waals surface area contributed by atoms with Crippen molar-refractivity contribution in [3.63, 3.8) is 0 Å². The van der Waals surface area contributed by atoms with Crippen LogP contribution in [-0.4, -0.2) is 30.8 Å². The molecule has 0 bridgehead atoms. The second-order valence-corrected chi connectivity index (χ2v) is 6.31. The number of oxime groups is 1. The van der Waals surface area contributed by atoms with Gasteiger partial charge in [-0.25, -0.2) is 4.79 Å². The first-order chi connectivity index (χ1) is 12.5. The summed E-state index contributed by atoms with van der Waals surface area (Å²) < 4.78 is 4.71. The van der Waals surface area contributed by atoms with E-state index in [9.17, 15) is 9.59 Å². The lowest BCUT2D eigenvalue weighted by Crippen LogP contribution is -2.28. The maximum absolute atomic E-state index is 12.5. The van der Waals surface area contributed by atoms with Gasteiger partial charge in [-0.05, 0) is 24.3 Å². The Kier molecular flexibility index (Phi) is 5.44. The molecule has 0 spiro atoms. The van der Waals surface area contributed by atoms with Gasteiger partial charge in [-0.2, -0.15) is 0 Å². The molecule has 1 heterocycles. The molecule has 0 saturated carbocycles. The number of ether oxygens (including phenoxy) is 1. The average Bonchev–Trinajstić information content (AvgIpc) is 3.14. The van der Waals surface area contributed by atoms with Crippen LogP contribution in [0.15, 0.2) is 47.6 Å². The predicted molar refractivity (Wildman–Crippen MR) is 98.9 cm³/mol. The maximum atomic E-state index is 12.5. The van der Waals surface area contributed by atoms with Gasteiger partial charge in [0.1, 0.15) is 0 Å². The molecule has 0 aromatic heterocycles. The van der Waals surface area contributed by atoms with Crippen LogP contribution < -0.4 is 5.32 Å². The molecule has 8 heteroatoms. The summed E-state index contributed by atoms with van der Waals surface area (Å²) in [6.45, 7) is 0. The number of para-hydroxylation sites is 1. The van der Waals surface area contributed by atoms with Crippen molar-refractivity contribution < 1.29 is 19.2 Å². The van der Waals surface area contributed by atoms with Gasteiger partial charge in [-0.15, -0.1) is 0 Å². The molecule has 1 aliphatic heterocycles. The number of hydrogen-bond donors (Lipinski definition) is 1. The molecule has 6 nitrogen and oxygen atoms in total. The second-order valence-electron chi connectivity index (χ2n) is 5.49. The minimum Gasteiger partial charge on any atom is -0.465 e. The number of carbonyl (C=O) groups excluding carboxylic acids is 2. The van der Waals surface area contributed by atoms with Crippen molar-refractivity contribution in [2.45, 2.75) is 12.5 Å². The standard InChI is InChI=1S/C18H14Cl2N2O4/c1-25-18(24)11-4-2-3-5-14(11)21-17(23)16-9-15(22-26-16)10-6-7-12(19)13(20)8-10/h2-8,16H,9H2,1H3,(H,21,23). The first-order valence-electron chi connectivity index (χ1n) is 7.66. The Hall–Kier alpha value is -2.57. The number of halogens is 2. The van der Waals surface area contributed by atoms with Crippen LogP contribution in [0.1, 0.15) is 22.3 Å². The van der Waals surface area contributed by atoms with Gasteiger partial charge in [0.2, 0.25) is 6.10 Å². The van der Waals surface area contributed by atoms with Crippen LogP contribution in [0.3, 0.4) is 0 Å². The summed E-state index contributed by atoms with van der Waals surface area (Å²) >= 11 is 11.9. The van der Waals surface area contributed by atoms with Gasteiger partial charge in [0.25, 0.3) is 5.91 Å². The van der Waals surface area contributed by atoms with E-state index in [4.69, 9.17) is 32.8 Å². The molecule has 3 rings (SSSR count). The van der Waals surface area contributed by atoms with E-state index in [2.05, 4.69) is 10.5 Å². The number of anilines is 1. The number of methoxy groups -OCH3 is 1. The fourth-order valence-corrected chi connectivity index (χ4v) is 2.76. The Morgan fingerprint density at radius 2 is 1.96 bits per heavy atom. The first kappa shape index (κ1) is 18.2. The van der Waals surface area contributed by atoms with Crippen LogP contribution in [0.5, 0.6) is 0 Å². The molecular formula is C18H14Cl2N2O4. The van der Waals surface area contributed by atoms with Crippen LogP contribution >= 0.6 is 23.2 Å². The predicted octanol–water partition coefficient (Wildman–Crippen LogP) is 3.91. The number of carbonyl (C=O) groups is 2. The van der Waals surface area contributed by atoms with E-state index in [0.29, 0.717) is 21.4 Å². The Morgan fingerprint density at radius 3 is 2.69 bits per heavy atom. The van der Waals surface area contributed by atoms with E-state index >= 15 is 0 Å². The van der Waals surface area contributed by atoms with Crippen LogP contribution in [0.2, 0.25) is 10.0 Å². The summed E-state index contributed by atoms with van der Waals surface area (Å²) in [5.41, 5.74) is 1.91. The van der Waals surface area contributed by atoms with E-state index in [1.54, 1.807) is 42.5 Å². The van der Waals surface area contributed by atoms with Crippen LogP contribution in [0.4, 0.5) is 5.69 Å². The summed E-state index contributed by atoms with van der Waals surface area (Å²) in [4.78, 5) is 29.5. The van der Waals surface area contributed by atoms with Crippen LogP contribution in [0.25, 0.3) is 0 Å². The summed E-state index contributed by atoms with van der Waals surface area (Å²) in [6, 6.07) is 11.6. The number of nitrogens with zero attached hydrogens (tertiary/aromatic N) is 1. The lowest BCUT2D eigenvalue weighted by atomic mass is 10.0. The molecule has 1 aliphatic rings. The molecule has 0 saturated heterocycles. The van der Waals surface area contributed by atoms with Gasteiger partial charge in [0.05, 0.1) is 34.1 Å². The minimum atomic E-state index is -0.815. The van der Waals surface area contributed by atoms with Crippen LogP contribution in [-0.2, 0) is 14.4 Å². The summed E-state index contributed by atoms with van der Waals surface area (Å²) in [6.07, 6.45) is -0.547. The van der Waals surface area contributed by atoms with E-state index in [1.165, 1.54) is 7.11 Å². The molecule has 1 N–H and O–H groups in total. The molecule has 26 heavy (non-hydrogen) atoms. The van der Waals surface area contributed by atoms with Gasteiger partial charge >= 0.3 is 5.97 Å². The van der Waals surface area contributed by atoms with Crippen molar-refractivity contribution in [3.8, 4) is 0 Å². The Labute approximate surface area is 159 Å². The monoisotopic (exact) mass is 392 g/mol. The smallest absolute Gasteiger partial charge is 0.339 e. The SMILES string of the molecule is COC(=O)c1ccccc1NC(=O)C1CC(c2ccc(Cl)c(Cl)c2)=NO1. The van der Waals surface area contributed by atoms with Gasteiger partial charge in [0.15, 0.2) is 0 Å². The third kappa shape index (κ3) is 3.81. The molecule has 2 aromatic carbocycles. The van der Waals surface area contributed by atoms with Gasteiger partial charge in [-0.3, -0.25) is 4.79 Å². The molecular weight excluding hydrogens is 379 g/mol. The number of amides is 1. The van der Waals surface area contributed by atoms with Crippen molar-refractivity contribution in [3.05, 3.63) is 63.6 Å². The van der Waals surface area contributed by atoms with Crippen molar-refractivity contribution in [2.24, 2.45) is 5.16 Å². The Bertz CT molecular complexity index is 899. The molecule has 0 radical (unpaired) electrons. The highest BCUT2D eigenvalue weighted by molar-refractivity contribution is 6.42. The quantitative estimate of drug-likeness (QED) is 0.800. The zero-order valence-corrected chi connectivity index (χ0v) is 15.2. The van der Waals surface area contributed by atoms with E-state index in [1.807, 2.05) is 0 Å². The van der Waals surface area contributed by atoms with Gasteiger partial charge < -0.3 is 14.9 Å². The second kappa shape index (κ2) is 7.76. The largest absolute Gasteiger partial charge is 0.465 e. The highest BCUT2D eigenvalue weighted by atomic mass is 35.5. The molecule has 134 valence electrons. The molecule has 1 atom stereocenters.